The number of alkyl halides is 2. The van der Waals surface area contributed by atoms with Gasteiger partial charge >= 0.3 is 6.61 Å². The van der Waals surface area contributed by atoms with E-state index in [-0.39, 0.29) is 41.1 Å². The van der Waals surface area contributed by atoms with Crippen molar-refractivity contribution in [2.24, 2.45) is 0 Å². The molecule has 0 atom stereocenters. The lowest BCUT2D eigenvalue weighted by molar-refractivity contribution is -0.130. The van der Waals surface area contributed by atoms with Crippen molar-refractivity contribution in [3.05, 3.63) is 59.1 Å². The first-order valence-electron chi connectivity index (χ1n) is 8.21. The van der Waals surface area contributed by atoms with Crippen LogP contribution in [0.4, 0.5) is 8.78 Å². The number of carbonyl (C=O) groups excluding carboxylic acids is 1. The molecule has 2 aromatic carbocycles. The maximum absolute atomic E-state index is 12.2. The first kappa shape index (κ1) is 22.1. The Kier molecular flexibility index (Phi) is 7.73. The maximum atomic E-state index is 12.2. The van der Waals surface area contributed by atoms with Crippen LogP contribution in [0.25, 0.3) is 0 Å². The molecule has 0 radical (unpaired) electrons. The van der Waals surface area contributed by atoms with Crippen molar-refractivity contribution in [1.82, 2.24) is 9.62 Å². The summed E-state index contributed by atoms with van der Waals surface area (Å²) in [5, 5.41) is 0.0951. The molecule has 0 heterocycles. The standard InChI is InChI=1S/C18H19ClF2N2O4S/c1-23(12-13-6-8-14(9-7-13)27-18(20)21)17(24)10-11-22-28(25,26)16-5-3-2-4-15(16)19/h2-9,18,22H,10-12H2,1H3. The van der Waals surface area contributed by atoms with Gasteiger partial charge in [-0.3, -0.25) is 4.79 Å². The summed E-state index contributed by atoms with van der Waals surface area (Å²) >= 11 is 5.88. The summed E-state index contributed by atoms with van der Waals surface area (Å²) in [5.74, 6) is -0.253. The summed E-state index contributed by atoms with van der Waals surface area (Å²) in [6.45, 7) is -2.74. The van der Waals surface area contributed by atoms with Crippen LogP contribution < -0.4 is 9.46 Å². The minimum Gasteiger partial charge on any atom is -0.435 e. The zero-order chi connectivity index (χ0) is 20.7. The number of ether oxygens (including phenoxy) is 1. The van der Waals surface area contributed by atoms with Crippen LogP contribution in [0.3, 0.4) is 0 Å². The normalized spacial score (nSPS) is 11.5. The van der Waals surface area contributed by atoms with Crippen LogP contribution >= 0.6 is 11.6 Å². The number of hydrogen-bond acceptors (Lipinski definition) is 4. The molecule has 1 N–H and O–H groups in total. The van der Waals surface area contributed by atoms with Crippen molar-refractivity contribution in [1.29, 1.82) is 0 Å². The predicted molar refractivity (Wildman–Crippen MR) is 101 cm³/mol. The summed E-state index contributed by atoms with van der Waals surface area (Å²) in [7, 11) is -2.25. The van der Waals surface area contributed by atoms with Crippen LogP contribution in [-0.2, 0) is 21.4 Å². The van der Waals surface area contributed by atoms with E-state index in [1.807, 2.05) is 0 Å². The maximum Gasteiger partial charge on any atom is 0.387 e. The van der Waals surface area contributed by atoms with E-state index in [0.717, 1.165) is 0 Å². The summed E-state index contributed by atoms with van der Waals surface area (Å²) in [5.41, 5.74) is 0.717. The van der Waals surface area contributed by atoms with Gasteiger partial charge in [-0.05, 0) is 29.8 Å². The van der Waals surface area contributed by atoms with Crippen molar-refractivity contribution in [3.63, 3.8) is 0 Å². The van der Waals surface area contributed by atoms with Crippen LogP contribution in [0, 0.1) is 0 Å². The monoisotopic (exact) mass is 432 g/mol. The van der Waals surface area contributed by atoms with Gasteiger partial charge in [-0.2, -0.15) is 8.78 Å². The van der Waals surface area contributed by atoms with Gasteiger partial charge in [-0.1, -0.05) is 35.9 Å². The van der Waals surface area contributed by atoms with Crippen molar-refractivity contribution in [2.75, 3.05) is 13.6 Å². The molecule has 10 heteroatoms. The Morgan fingerprint density at radius 2 is 1.82 bits per heavy atom. The van der Waals surface area contributed by atoms with E-state index in [9.17, 15) is 22.0 Å². The van der Waals surface area contributed by atoms with Gasteiger partial charge in [0, 0.05) is 26.6 Å². The molecule has 0 unspecified atom stereocenters. The smallest absolute Gasteiger partial charge is 0.387 e. The lowest BCUT2D eigenvalue weighted by Crippen LogP contribution is -2.32. The molecule has 2 aromatic rings. The molecule has 0 saturated heterocycles. The molecule has 0 fully saturated rings. The van der Waals surface area contributed by atoms with Crippen LogP contribution in [-0.4, -0.2) is 39.4 Å². The Morgan fingerprint density at radius 1 is 1.18 bits per heavy atom. The van der Waals surface area contributed by atoms with Crippen molar-refractivity contribution in [3.8, 4) is 5.75 Å². The second-order valence-electron chi connectivity index (χ2n) is 5.85. The summed E-state index contributed by atoms with van der Waals surface area (Å²) in [6, 6.07) is 11.9. The quantitative estimate of drug-likeness (QED) is 0.660. The van der Waals surface area contributed by atoms with Crippen molar-refractivity contribution < 1.29 is 26.7 Å². The molecule has 0 spiro atoms. The number of benzene rings is 2. The molecular weight excluding hydrogens is 414 g/mol. The van der Waals surface area contributed by atoms with E-state index in [2.05, 4.69) is 9.46 Å². The average Bonchev–Trinajstić information content (AvgIpc) is 2.62. The molecule has 0 saturated carbocycles. The Hall–Kier alpha value is -2.23. The fraction of sp³-hybridized carbons (Fsp3) is 0.278. The second-order valence-corrected chi connectivity index (χ2v) is 7.99. The van der Waals surface area contributed by atoms with Gasteiger partial charge in [0.2, 0.25) is 15.9 Å². The van der Waals surface area contributed by atoms with Gasteiger partial charge in [-0.25, -0.2) is 13.1 Å². The molecular formula is C18H19ClF2N2O4S. The molecule has 0 aromatic heterocycles. The van der Waals surface area contributed by atoms with Crippen LogP contribution in [0.15, 0.2) is 53.4 Å². The van der Waals surface area contributed by atoms with Crippen molar-refractivity contribution >= 4 is 27.5 Å². The third-order valence-electron chi connectivity index (χ3n) is 3.75. The molecule has 6 nitrogen and oxygen atoms in total. The fourth-order valence-electron chi connectivity index (χ4n) is 2.36. The lowest BCUT2D eigenvalue weighted by atomic mass is 10.2. The fourth-order valence-corrected chi connectivity index (χ4v) is 3.91. The van der Waals surface area contributed by atoms with E-state index in [1.165, 1.54) is 29.2 Å². The van der Waals surface area contributed by atoms with E-state index in [1.54, 1.807) is 31.3 Å². The highest BCUT2D eigenvalue weighted by Crippen LogP contribution is 2.20. The van der Waals surface area contributed by atoms with E-state index in [4.69, 9.17) is 11.6 Å². The first-order valence-corrected chi connectivity index (χ1v) is 10.1. The Bertz CT molecular complexity index is 908. The third-order valence-corrected chi connectivity index (χ3v) is 5.71. The van der Waals surface area contributed by atoms with E-state index >= 15 is 0 Å². The molecule has 1 amide bonds. The highest BCUT2D eigenvalue weighted by atomic mass is 35.5. The number of rotatable bonds is 9. The summed E-state index contributed by atoms with van der Waals surface area (Å²) < 4.78 is 55.3. The van der Waals surface area contributed by atoms with Gasteiger partial charge in [0.25, 0.3) is 0 Å². The molecule has 28 heavy (non-hydrogen) atoms. The third kappa shape index (κ3) is 6.43. The van der Waals surface area contributed by atoms with Gasteiger partial charge in [-0.15, -0.1) is 0 Å². The molecule has 0 bridgehead atoms. The number of hydrogen-bond donors (Lipinski definition) is 1. The highest BCUT2D eigenvalue weighted by molar-refractivity contribution is 7.89. The first-order chi connectivity index (χ1) is 13.2. The minimum absolute atomic E-state index is 0.0294. The zero-order valence-electron chi connectivity index (χ0n) is 14.9. The SMILES string of the molecule is CN(Cc1ccc(OC(F)F)cc1)C(=O)CCNS(=O)(=O)c1ccccc1Cl. The topological polar surface area (TPSA) is 75.7 Å². The van der Waals surface area contributed by atoms with E-state index < -0.39 is 16.6 Å². The molecule has 0 aliphatic rings. The number of nitrogens with one attached hydrogen (secondary N) is 1. The Balaban J connectivity index is 1.85. The predicted octanol–water partition coefficient (Wildman–Crippen LogP) is 3.27. The van der Waals surface area contributed by atoms with Crippen LogP contribution in [0.1, 0.15) is 12.0 Å². The molecule has 152 valence electrons. The number of carbonyl (C=O) groups is 1. The molecule has 0 aliphatic carbocycles. The largest absolute Gasteiger partial charge is 0.435 e. The lowest BCUT2D eigenvalue weighted by Gasteiger charge is -2.18. The van der Waals surface area contributed by atoms with Gasteiger partial charge in [0.15, 0.2) is 0 Å². The van der Waals surface area contributed by atoms with Gasteiger partial charge < -0.3 is 9.64 Å². The number of amides is 1. The summed E-state index contributed by atoms with van der Waals surface area (Å²) in [4.78, 5) is 13.5. The highest BCUT2D eigenvalue weighted by Gasteiger charge is 2.18. The number of sulfonamides is 1. The minimum atomic E-state index is -3.81. The van der Waals surface area contributed by atoms with Gasteiger partial charge in [0.1, 0.15) is 10.6 Å². The van der Waals surface area contributed by atoms with Crippen LogP contribution in [0.5, 0.6) is 5.75 Å². The zero-order valence-corrected chi connectivity index (χ0v) is 16.5. The molecule has 2 rings (SSSR count). The second kappa shape index (κ2) is 9.81. The van der Waals surface area contributed by atoms with Crippen LogP contribution in [0.2, 0.25) is 5.02 Å². The Morgan fingerprint density at radius 3 is 2.43 bits per heavy atom. The number of nitrogens with zero attached hydrogens (tertiary/aromatic N) is 1. The Labute approximate surface area is 167 Å². The molecule has 0 aliphatic heterocycles. The number of halogens is 3. The van der Waals surface area contributed by atoms with Crippen molar-refractivity contribution in [2.45, 2.75) is 24.5 Å². The average molecular weight is 433 g/mol. The van der Waals surface area contributed by atoms with Gasteiger partial charge in [0.05, 0.1) is 5.02 Å². The van der Waals surface area contributed by atoms with E-state index in [0.29, 0.717) is 5.56 Å². The summed E-state index contributed by atoms with van der Waals surface area (Å²) in [6.07, 6.45) is -0.0488.